The summed E-state index contributed by atoms with van der Waals surface area (Å²) in [6, 6.07) is 5.16. The van der Waals surface area contributed by atoms with Gasteiger partial charge in [-0.3, -0.25) is 0 Å². The Morgan fingerprint density at radius 1 is 1.11 bits per heavy atom. The summed E-state index contributed by atoms with van der Waals surface area (Å²) in [5.41, 5.74) is -0.648. The highest BCUT2D eigenvalue weighted by Crippen LogP contribution is 2.37. The van der Waals surface area contributed by atoms with Gasteiger partial charge in [0, 0.05) is 0 Å². The molecule has 0 bridgehead atoms. The minimum absolute atomic E-state index is 0.0561. The van der Waals surface area contributed by atoms with Gasteiger partial charge < -0.3 is 10.1 Å². The average molecular weight is 271 g/mol. The molecule has 2 fully saturated rings. The van der Waals surface area contributed by atoms with Gasteiger partial charge in [-0.2, -0.15) is 13.2 Å². The van der Waals surface area contributed by atoms with Crippen molar-refractivity contribution in [3.8, 4) is 5.75 Å². The summed E-state index contributed by atoms with van der Waals surface area (Å²) in [5.74, 6) is 1.57. The van der Waals surface area contributed by atoms with Crippen LogP contribution < -0.4 is 10.1 Å². The maximum absolute atomic E-state index is 12.6. The Hall–Kier alpha value is -1.23. The molecule has 3 rings (SSSR count). The van der Waals surface area contributed by atoms with Crippen molar-refractivity contribution < 1.29 is 17.9 Å². The predicted octanol–water partition coefficient (Wildman–Crippen LogP) is 3.08. The molecule has 5 heteroatoms. The van der Waals surface area contributed by atoms with Crippen LogP contribution in [0.4, 0.5) is 13.2 Å². The molecule has 19 heavy (non-hydrogen) atoms. The monoisotopic (exact) mass is 271 g/mol. The number of fused-ring (bicyclic) bond motifs is 1. The van der Waals surface area contributed by atoms with E-state index in [-0.39, 0.29) is 6.10 Å². The van der Waals surface area contributed by atoms with Crippen LogP contribution in [0.15, 0.2) is 24.3 Å². The molecule has 1 aliphatic carbocycles. The van der Waals surface area contributed by atoms with Gasteiger partial charge in [-0.15, -0.1) is 0 Å². The summed E-state index contributed by atoms with van der Waals surface area (Å²) < 4.78 is 43.5. The Morgan fingerprint density at radius 3 is 2.42 bits per heavy atom. The molecule has 104 valence electrons. The van der Waals surface area contributed by atoms with Crippen molar-refractivity contribution in [3.63, 3.8) is 0 Å². The SMILES string of the molecule is FC(F)(F)c1cccc(O[C@H]2C[C@H]3CNC[C@H]3C2)c1. The first-order chi connectivity index (χ1) is 9.02. The lowest BCUT2D eigenvalue weighted by molar-refractivity contribution is -0.137. The number of hydrogen-bond acceptors (Lipinski definition) is 2. The molecule has 0 amide bonds. The lowest BCUT2D eigenvalue weighted by atomic mass is 10.0. The van der Waals surface area contributed by atoms with E-state index in [0.29, 0.717) is 17.6 Å². The van der Waals surface area contributed by atoms with E-state index in [2.05, 4.69) is 5.32 Å². The quantitative estimate of drug-likeness (QED) is 0.892. The molecule has 1 aromatic rings. The van der Waals surface area contributed by atoms with E-state index in [1.165, 1.54) is 6.07 Å². The van der Waals surface area contributed by atoms with Gasteiger partial charge in [0.1, 0.15) is 5.75 Å². The van der Waals surface area contributed by atoms with E-state index in [9.17, 15) is 13.2 Å². The average Bonchev–Trinajstić information content (AvgIpc) is 2.88. The van der Waals surface area contributed by atoms with Gasteiger partial charge in [0.15, 0.2) is 0 Å². The van der Waals surface area contributed by atoms with E-state index in [0.717, 1.165) is 38.1 Å². The van der Waals surface area contributed by atoms with E-state index in [1.54, 1.807) is 6.07 Å². The zero-order chi connectivity index (χ0) is 13.5. The van der Waals surface area contributed by atoms with Crippen LogP contribution in [0.1, 0.15) is 18.4 Å². The van der Waals surface area contributed by atoms with Crippen LogP contribution in [0.5, 0.6) is 5.75 Å². The van der Waals surface area contributed by atoms with Crippen LogP contribution in [-0.2, 0) is 6.18 Å². The Bertz CT molecular complexity index is 448. The molecule has 1 aliphatic heterocycles. The van der Waals surface area contributed by atoms with Crippen LogP contribution in [-0.4, -0.2) is 19.2 Å². The number of hydrogen-bond donors (Lipinski definition) is 1. The molecular weight excluding hydrogens is 255 g/mol. The fourth-order valence-corrected chi connectivity index (χ4v) is 3.15. The number of rotatable bonds is 2. The molecule has 2 aliphatic rings. The van der Waals surface area contributed by atoms with Crippen molar-refractivity contribution in [1.82, 2.24) is 5.32 Å². The van der Waals surface area contributed by atoms with Gasteiger partial charge in [0.05, 0.1) is 11.7 Å². The number of alkyl halides is 3. The molecule has 2 nitrogen and oxygen atoms in total. The smallest absolute Gasteiger partial charge is 0.416 e. The van der Waals surface area contributed by atoms with Crippen LogP contribution in [0.25, 0.3) is 0 Å². The summed E-state index contributed by atoms with van der Waals surface area (Å²) in [6.07, 6.45) is -2.38. The molecule has 1 saturated heterocycles. The lowest BCUT2D eigenvalue weighted by Crippen LogP contribution is -2.18. The van der Waals surface area contributed by atoms with Gasteiger partial charge in [-0.05, 0) is 56.0 Å². The van der Waals surface area contributed by atoms with Crippen molar-refractivity contribution in [2.45, 2.75) is 25.1 Å². The van der Waals surface area contributed by atoms with Gasteiger partial charge in [-0.1, -0.05) is 6.07 Å². The van der Waals surface area contributed by atoms with Crippen molar-refractivity contribution in [2.75, 3.05) is 13.1 Å². The number of halogens is 3. The molecule has 0 unspecified atom stereocenters. The molecule has 1 saturated carbocycles. The topological polar surface area (TPSA) is 21.3 Å². The standard InChI is InChI=1S/C14H16F3NO/c15-14(16,17)11-2-1-3-12(6-11)19-13-4-9-7-18-8-10(9)5-13/h1-3,6,9-10,13,18H,4-5,7-8H2/t9-,10+,13-. The predicted molar refractivity (Wildman–Crippen MR) is 64.9 cm³/mol. The van der Waals surface area contributed by atoms with Crippen molar-refractivity contribution in [3.05, 3.63) is 29.8 Å². The summed E-state index contributed by atoms with van der Waals surface area (Å²) in [4.78, 5) is 0. The molecule has 1 heterocycles. The Balaban J connectivity index is 1.67. The van der Waals surface area contributed by atoms with Gasteiger partial charge in [-0.25, -0.2) is 0 Å². The summed E-state index contributed by atoms with van der Waals surface area (Å²) >= 11 is 0. The van der Waals surface area contributed by atoms with Crippen molar-refractivity contribution in [2.24, 2.45) is 11.8 Å². The fraction of sp³-hybridized carbons (Fsp3) is 0.571. The molecule has 1 aromatic carbocycles. The third-order valence-corrected chi connectivity index (χ3v) is 4.08. The first-order valence-electron chi connectivity index (χ1n) is 6.57. The number of nitrogens with one attached hydrogen (secondary N) is 1. The molecular formula is C14H16F3NO. The molecule has 0 spiro atoms. The maximum atomic E-state index is 12.6. The summed E-state index contributed by atoms with van der Waals surface area (Å²) in [6.45, 7) is 2.01. The third kappa shape index (κ3) is 2.71. The largest absolute Gasteiger partial charge is 0.490 e. The summed E-state index contributed by atoms with van der Waals surface area (Å²) in [7, 11) is 0. The van der Waals surface area contributed by atoms with E-state index in [4.69, 9.17) is 4.74 Å². The van der Waals surface area contributed by atoms with Crippen LogP contribution in [0, 0.1) is 11.8 Å². The van der Waals surface area contributed by atoms with E-state index >= 15 is 0 Å². The highest BCUT2D eigenvalue weighted by molar-refractivity contribution is 5.30. The highest BCUT2D eigenvalue weighted by Gasteiger charge is 2.38. The first-order valence-corrected chi connectivity index (χ1v) is 6.57. The summed E-state index contributed by atoms with van der Waals surface area (Å²) in [5, 5.41) is 3.33. The number of ether oxygens (including phenoxy) is 1. The van der Waals surface area contributed by atoms with E-state index in [1.807, 2.05) is 0 Å². The molecule has 0 radical (unpaired) electrons. The first kappa shape index (κ1) is 12.8. The highest BCUT2D eigenvalue weighted by atomic mass is 19.4. The van der Waals surface area contributed by atoms with Crippen molar-refractivity contribution >= 4 is 0 Å². The van der Waals surface area contributed by atoms with Crippen LogP contribution in [0.3, 0.4) is 0 Å². The minimum Gasteiger partial charge on any atom is -0.490 e. The van der Waals surface area contributed by atoms with Gasteiger partial charge in [0.25, 0.3) is 0 Å². The maximum Gasteiger partial charge on any atom is 0.416 e. The second-order valence-electron chi connectivity index (χ2n) is 5.42. The second-order valence-corrected chi connectivity index (χ2v) is 5.42. The van der Waals surface area contributed by atoms with Gasteiger partial charge in [0.2, 0.25) is 0 Å². The van der Waals surface area contributed by atoms with Gasteiger partial charge >= 0.3 is 6.18 Å². The zero-order valence-corrected chi connectivity index (χ0v) is 10.4. The second kappa shape index (κ2) is 4.71. The Morgan fingerprint density at radius 2 is 1.79 bits per heavy atom. The Kier molecular flexibility index (Phi) is 3.17. The van der Waals surface area contributed by atoms with Crippen molar-refractivity contribution in [1.29, 1.82) is 0 Å². The minimum atomic E-state index is -4.31. The van der Waals surface area contributed by atoms with E-state index < -0.39 is 11.7 Å². The zero-order valence-electron chi connectivity index (χ0n) is 10.4. The molecule has 3 atom stereocenters. The number of benzene rings is 1. The van der Waals surface area contributed by atoms with Crippen LogP contribution in [0.2, 0.25) is 0 Å². The fourth-order valence-electron chi connectivity index (χ4n) is 3.15. The normalized spacial score (nSPS) is 30.4. The third-order valence-electron chi connectivity index (χ3n) is 4.08. The molecule has 1 N–H and O–H groups in total. The van der Waals surface area contributed by atoms with Crippen LogP contribution >= 0.6 is 0 Å². The Labute approximate surface area is 109 Å². The molecule has 0 aromatic heterocycles. The lowest BCUT2D eigenvalue weighted by Gasteiger charge is -2.16.